The van der Waals surface area contributed by atoms with Gasteiger partial charge >= 0.3 is 0 Å². The van der Waals surface area contributed by atoms with Gasteiger partial charge < -0.3 is 9.80 Å². The van der Waals surface area contributed by atoms with E-state index in [4.69, 9.17) is 0 Å². The van der Waals surface area contributed by atoms with Crippen LogP contribution in [0.25, 0.3) is 0 Å². The number of hydrogen-bond acceptors (Lipinski definition) is 2. The summed E-state index contributed by atoms with van der Waals surface area (Å²) in [6.45, 7) is 1.40. The molecule has 86 valence electrons. The van der Waals surface area contributed by atoms with Gasteiger partial charge in [0.25, 0.3) is 0 Å². The normalized spacial score (nSPS) is 17.5. The highest BCUT2D eigenvalue weighted by molar-refractivity contribution is 5.79. The molecule has 0 aromatic rings. The molecule has 0 N–H and O–H groups in total. The van der Waals surface area contributed by atoms with E-state index in [1.54, 1.807) is 19.0 Å². The van der Waals surface area contributed by atoms with E-state index in [9.17, 15) is 9.59 Å². The Kier molecular flexibility index (Phi) is 4.59. The second-order valence-electron chi connectivity index (χ2n) is 4.23. The topological polar surface area (TPSA) is 40.6 Å². The molecule has 2 amide bonds. The summed E-state index contributed by atoms with van der Waals surface area (Å²) in [5, 5.41) is 0. The van der Waals surface area contributed by atoms with Crippen molar-refractivity contribution in [3.63, 3.8) is 0 Å². The Labute approximate surface area is 91.2 Å². The number of hydrogen-bond donors (Lipinski definition) is 0. The van der Waals surface area contributed by atoms with Crippen molar-refractivity contribution in [1.29, 1.82) is 0 Å². The Hall–Kier alpha value is -1.06. The van der Waals surface area contributed by atoms with Crippen LogP contribution < -0.4 is 0 Å². The summed E-state index contributed by atoms with van der Waals surface area (Å²) in [5.74, 6) is 0.297. The third-order valence-corrected chi connectivity index (χ3v) is 2.77. The first kappa shape index (κ1) is 12.0. The molecule has 1 fully saturated rings. The minimum atomic E-state index is 0.0899. The second-order valence-corrected chi connectivity index (χ2v) is 4.23. The Morgan fingerprint density at radius 3 is 2.73 bits per heavy atom. The standard InChI is InChI=1S/C11H20N2O2/c1-12(2)10(14)7-9-13-8-5-3-4-6-11(13)15/h3-9H2,1-2H3. The molecule has 0 aliphatic carbocycles. The lowest BCUT2D eigenvalue weighted by Crippen LogP contribution is -2.34. The first-order valence-electron chi connectivity index (χ1n) is 5.59. The minimum Gasteiger partial charge on any atom is -0.349 e. The third kappa shape index (κ3) is 3.90. The number of rotatable bonds is 3. The highest BCUT2D eigenvalue weighted by Gasteiger charge is 2.17. The molecule has 0 atom stereocenters. The predicted molar refractivity (Wildman–Crippen MR) is 58.4 cm³/mol. The number of amides is 2. The molecule has 0 aromatic carbocycles. The summed E-state index contributed by atoms with van der Waals surface area (Å²) in [5.41, 5.74) is 0. The third-order valence-electron chi connectivity index (χ3n) is 2.77. The summed E-state index contributed by atoms with van der Waals surface area (Å²) >= 11 is 0. The average molecular weight is 212 g/mol. The molecule has 0 saturated carbocycles. The largest absolute Gasteiger partial charge is 0.349 e. The lowest BCUT2D eigenvalue weighted by Gasteiger charge is -2.21. The van der Waals surface area contributed by atoms with Crippen LogP contribution in [0.3, 0.4) is 0 Å². The van der Waals surface area contributed by atoms with Crippen LogP contribution in [0.15, 0.2) is 0 Å². The SMILES string of the molecule is CN(C)C(=O)CCN1CCCCCC1=O. The Balaban J connectivity index is 2.35. The molecule has 1 saturated heterocycles. The van der Waals surface area contributed by atoms with Crippen molar-refractivity contribution < 1.29 is 9.59 Å². The first-order valence-corrected chi connectivity index (χ1v) is 5.59. The van der Waals surface area contributed by atoms with Gasteiger partial charge in [0.05, 0.1) is 0 Å². The van der Waals surface area contributed by atoms with Crippen molar-refractivity contribution >= 4 is 11.8 Å². The maximum absolute atomic E-state index is 11.6. The molecule has 0 aromatic heterocycles. The van der Waals surface area contributed by atoms with E-state index < -0.39 is 0 Å². The van der Waals surface area contributed by atoms with Crippen molar-refractivity contribution in [2.24, 2.45) is 0 Å². The van der Waals surface area contributed by atoms with E-state index in [0.29, 0.717) is 19.4 Å². The lowest BCUT2D eigenvalue weighted by atomic mass is 10.2. The van der Waals surface area contributed by atoms with Crippen molar-refractivity contribution in [1.82, 2.24) is 9.80 Å². The molecule has 1 heterocycles. The molecular weight excluding hydrogens is 192 g/mol. The number of carbonyl (C=O) groups is 2. The van der Waals surface area contributed by atoms with Crippen LogP contribution in [0, 0.1) is 0 Å². The quantitative estimate of drug-likeness (QED) is 0.696. The van der Waals surface area contributed by atoms with Crippen LogP contribution in [0.5, 0.6) is 0 Å². The zero-order valence-electron chi connectivity index (χ0n) is 9.66. The number of carbonyl (C=O) groups excluding carboxylic acids is 2. The van der Waals surface area contributed by atoms with E-state index in [-0.39, 0.29) is 11.8 Å². The van der Waals surface area contributed by atoms with Gasteiger partial charge in [-0.25, -0.2) is 0 Å². The molecule has 0 radical (unpaired) electrons. The Morgan fingerprint density at radius 1 is 1.33 bits per heavy atom. The van der Waals surface area contributed by atoms with Crippen molar-refractivity contribution in [2.45, 2.75) is 32.1 Å². The van der Waals surface area contributed by atoms with Crippen LogP contribution >= 0.6 is 0 Å². The molecule has 1 aliphatic heterocycles. The lowest BCUT2D eigenvalue weighted by molar-refractivity contribution is -0.133. The van der Waals surface area contributed by atoms with E-state index in [0.717, 1.165) is 25.8 Å². The monoisotopic (exact) mass is 212 g/mol. The molecular formula is C11H20N2O2. The first-order chi connectivity index (χ1) is 7.11. The van der Waals surface area contributed by atoms with Crippen molar-refractivity contribution in [2.75, 3.05) is 27.2 Å². The van der Waals surface area contributed by atoms with Crippen LogP contribution in [0.4, 0.5) is 0 Å². The minimum absolute atomic E-state index is 0.0899. The van der Waals surface area contributed by atoms with E-state index in [1.807, 2.05) is 4.90 Å². The van der Waals surface area contributed by atoms with Crippen LogP contribution in [0.1, 0.15) is 32.1 Å². The van der Waals surface area contributed by atoms with Gasteiger partial charge in [-0.3, -0.25) is 9.59 Å². The average Bonchev–Trinajstić information content (AvgIpc) is 2.39. The van der Waals surface area contributed by atoms with Gasteiger partial charge in [-0.05, 0) is 12.8 Å². The Bertz CT molecular complexity index is 239. The fraction of sp³-hybridized carbons (Fsp3) is 0.818. The number of nitrogens with zero attached hydrogens (tertiary/aromatic N) is 2. The molecule has 15 heavy (non-hydrogen) atoms. The fourth-order valence-electron chi connectivity index (χ4n) is 1.73. The maximum atomic E-state index is 11.6. The highest BCUT2D eigenvalue weighted by atomic mass is 16.2. The van der Waals surface area contributed by atoms with Crippen LogP contribution in [0.2, 0.25) is 0 Å². The van der Waals surface area contributed by atoms with Gasteiger partial charge in [-0.2, -0.15) is 0 Å². The van der Waals surface area contributed by atoms with E-state index in [1.165, 1.54) is 0 Å². The Morgan fingerprint density at radius 2 is 2.07 bits per heavy atom. The zero-order chi connectivity index (χ0) is 11.3. The smallest absolute Gasteiger partial charge is 0.223 e. The summed E-state index contributed by atoms with van der Waals surface area (Å²) in [6.07, 6.45) is 4.29. The fourth-order valence-corrected chi connectivity index (χ4v) is 1.73. The summed E-state index contributed by atoms with van der Waals surface area (Å²) in [7, 11) is 3.49. The van der Waals surface area contributed by atoms with Gasteiger partial charge in [-0.15, -0.1) is 0 Å². The van der Waals surface area contributed by atoms with Crippen molar-refractivity contribution in [3.8, 4) is 0 Å². The predicted octanol–water partition coefficient (Wildman–Crippen LogP) is 0.867. The van der Waals surface area contributed by atoms with Gasteiger partial charge in [0.15, 0.2) is 0 Å². The number of likely N-dealkylation sites (tertiary alicyclic amines) is 1. The molecule has 0 bridgehead atoms. The van der Waals surface area contributed by atoms with Crippen molar-refractivity contribution in [3.05, 3.63) is 0 Å². The summed E-state index contributed by atoms with van der Waals surface area (Å²) in [4.78, 5) is 26.4. The molecule has 1 rings (SSSR count). The molecule has 0 spiro atoms. The molecule has 0 unspecified atom stereocenters. The zero-order valence-corrected chi connectivity index (χ0v) is 9.66. The van der Waals surface area contributed by atoms with Gasteiger partial charge in [0.1, 0.15) is 0 Å². The van der Waals surface area contributed by atoms with E-state index in [2.05, 4.69) is 0 Å². The summed E-state index contributed by atoms with van der Waals surface area (Å²) in [6, 6.07) is 0. The van der Waals surface area contributed by atoms with Gasteiger partial charge in [0.2, 0.25) is 11.8 Å². The van der Waals surface area contributed by atoms with E-state index >= 15 is 0 Å². The summed E-state index contributed by atoms with van der Waals surface area (Å²) < 4.78 is 0. The molecule has 4 nitrogen and oxygen atoms in total. The van der Waals surface area contributed by atoms with Gasteiger partial charge in [-0.1, -0.05) is 6.42 Å². The maximum Gasteiger partial charge on any atom is 0.223 e. The molecule has 1 aliphatic rings. The van der Waals surface area contributed by atoms with Gasteiger partial charge in [0, 0.05) is 40.0 Å². The van der Waals surface area contributed by atoms with Crippen LogP contribution in [-0.2, 0) is 9.59 Å². The second kappa shape index (κ2) is 5.73. The van der Waals surface area contributed by atoms with Crippen LogP contribution in [-0.4, -0.2) is 48.8 Å². The molecule has 4 heteroatoms. The highest BCUT2D eigenvalue weighted by Crippen LogP contribution is 2.11.